The average molecular weight is 504 g/mol. The minimum atomic E-state index is -0.611. The molecule has 4 saturated carbocycles. The molecule has 4 atom stereocenters. The topological polar surface area (TPSA) is 64.4 Å². The van der Waals surface area contributed by atoms with Gasteiger partial charge < -0.3 is 9.30 Å². The molecular weight excluding hydrogens is 462 g/mol. The monoisotopic (exact) mass is 503 g/mol. The van der Waals surface area contributed by atoms with Gasteiger partial charge in [0.15, 0.2) is 0 Å². The lowest BCUT2D eigenvalue weighted by molar-refractivity contribution is -0.198. The molecule has 37 heavy (non-hydrogen) atoms. The maximum atomic E-state index is 13.8. The van der Waals surface area contributed by atoms with Crippen molar-refractivity contribution in [3.05, 3.63) is 40.3 Å². The maximum absolute atomic E-state index is 13.8. The van der Waals surface area contributed by atoms with Crippen molar-refractivity contribution in [3.63, 3.8) is 0 Å². The van der Waals surface area contributed by atoms with Crippen molar-refractivity contribution in [1.82, 2.24) is 14.5 Å². The lowest BCUT2D eigenvalue weighted by Crippen LogP contribution is -2.71. The van der Waals surface area contributed by atoms with Gasteiger partial charge in [0.05, 0.1) is 17.6 Å². The molecule has 6 aliphatic rings. The summed E-state index contributed by atoms with van der Waals surface area (Å²) in [5, 5.41) is 0. The van der Waals surface area contributed by atoms with E-state index in [1.807, 2.05) is 28.8 Å². The molecule has 3 heterocycles. The normalized spacial score (nSPS) is 40.7. The summed E-state index contributed by atoms with van der Waals surface area (Å²) in [6.45, 7) is 7.15. The average Bonchev–Trinajstić information content (AvgIpc) is 2.80. The molecule has 1 aromatic heterocycles. The molecule has 0 radical (unpaired) electrons. The van der Waals surface area contributed by atoms with E-state index in [0.717, 1.165) is 24.3 Å². The van der Waals surface area contributed by atoms with Crippen LogP contribution in [0.4, 0.5) is 0 Å². The van der Waals surface area contributed by atoms with Gasteiger partial charge in [0.1, 0.15) is 0 Å². The molecule has 6 fully saturated rings. The fourth-order valence-corrected chi connectivity index (χ4v) is 10.9. The van der Waals surface area contributed by atoms with Crippen molar-refractivity contribution in [1.29, 1.82) is 0 Å². The second kappa shape index (κ2) is 8.14. The highest BCUT2D eigenvalue weighted by molar-refractivity contribution is 5.89. The standard InChI is InChI=1S/C31H41N3O3/c1-4-37-28(36)26-27(35)33(25-11-6-5-10-24(25)32-26)23-12-21-8-7-9-22(13-23)34(21)31-16-20-14-29(2,18-31)17-30(3,15-20)19-31/h5-6,10-11,20-23H,4,7-9,12-19H2,1-3H3. The van der Waals surface area contributed by atoms with Crippen LogP contribution >= 0.6 is 0 Å². The molecule has 0 N–H and O–H groups in total. The van der Waals surface area contributed by atoms with Gasteiger partial charge in [0, 0.05) is 23.7 Å². The Bertz CT molecular complexity index is 1280. The Hall–Kier alpha value is -2.21. The van der Waals surface area contributed by atoms with E-state index in [1.54, 1.807) is 6.92 Å². The summed E-state index contributed by atoms with van der Waals surface area (Å²) in [6.07, 6.45) is 14.0. The number of nitrogens with zero attached hydrogens (tertiary/aromatic N) is 3. The fourth-order valence-electron chi connectivity index (χ4n) is 10.9. The van der Waals surface area contributed by atoms with Crippen molar-refractivity contribution in [2.45, 2.75) is 115 Å². The zero-order valence-corrected chi connectivity index (χ0v) is 22.7. The number of aromatic nitrogens is 2. The molecule has 8 rings (SSSR count). The van der Waals surface area contributed by atoms with E-state index in [-0.39, 0.29) is 23.9 Å². The first kappa shape index (κ1) is 23.9. The first-order chi connectivity index (χ1) is 17.7. The predicted octanol–water partition coefficient (Wildman–Crippen LogP) is 5.88. The van der Waals surface area contributed by atoms with E-state index < -0.39 is 5.97 Å². The van der Waals surface area contributed by atoms with Crippen LogP contribution in [0.3, 0.4) is 0 Å². The SMILES string of the molecule is CCOC(=O)c1nc2ccccc2n(C2CC3CCCC(C2)N3C23CC4CC(C)(CC(C)(C4)C2)C3)c1=O. The summed E-state index contributed by atoms with van der Waals surface area (Å²) < 4.78 is 7.14. The third kappa shape index (κ3) is 3.65. The molecule has 6 bridgehead atoms. The number of carbonyl (C=O) groups is 1. The molecule has 6 nitrogen and oxygen atoms in total. The number of hydrogen-bond acceptors (Lipinski definition) is 5. The fraction of sp³-hybridized carbons (Fsp3) is 0.710. The maximum Gasteiger partial charge on any atom is 0.362 e. The molecule has 4 aliphatic carbocycles. The molecule has 6 heteroatoms. The second-order valence-corrected chi connectivity index (χ2v) is 14.0. The number of ether oxygens (including phenoxy) is 1. The first-order valence-electron chi connectivity index (χ1n) is 14.7. The number of rotatable bonds is 4. The number of esters is 1. The Kier molecular flexibility index (Phi) is 5.25. The number of piperidine rings is 2. The minimum Gasteiger partial charge on any atom is -0.461 e. The molecule has 2 aliphatic heterocycles. The Labute approximate surface area is 219 Å². The zero-order valence-electron chi connectivity index (χ0n) is 22.7. The quantitative estimate of drug-likeness (QED) is 0.488. The van der Waals surface area contributed by atoms with Crippen LogP contribution in [0.5, 0.6) is 0 Å². The Balaban J connectivity index is 1.28. The van der Waals surface area contributed by atoms with Crippen molar-refractivity contribution < 1.29 is 9.53 Å². The number of carbonyl (C=O) groups excluding carboxylic acids is 1. The number of fused-ring (bicyclic) bond motifs is 3. The largest absolute Gasteiger partial charge is 0.461 e. The van der Waals surface area contributed by atoms with Gasteiger partial charge in [-0.2, -0.15) is 0 Å². The minimum absolute atomic E-state index is 0.0740. The van der Waals surface area contributed by atoms with Gasteiger partial charge in [-0.1, -0.05) is 32.4 Å². The highest BCUT2D eigenvalue weighted by atomic mass is 16.5. The van der Waals surface area contributed by atoms with Gasteiger partial charge in [-0.05, 0) is 100 Å². The van der Waals surface area contributed by atoms with E-state index >= 15 is 0 Å². The van der Waals surface area contributed by atoms with Crippen LogP contribution in [0.25, 0.3) is 11.0 Å². The predicted molar refractivity (Wildman–Crippen MR) is 144 cm³/mol. The van der Waals surface area contributed by atoms with Crippen molar-refractivity contribution >= 4 is 17.0 Å². The summed E-state index contributed by atoms with van der Waals surface area (Å²) in [7, 11) is 0. The summed E-state index contributed by atoms with van der Waals surface area (Å²) in [4.78, 5) is 34.0. The van der Waals surface area contributed by atoms with Gasteiger partial charge in [-0.3, -0.25) is 9.69 Å². The molecule has 2 aromatic rings. The van der Waals surface area contributed by atoms with Gasteiger partial charge in [0.2, 0.25) is 5.69 Å². The van der Waals surface area contributed by atoms with Crippen molar-refractivity contribution in [2.24, 2.45) is 16.7 Å². The smallest absolute Gasteiger partial charge is 0.362 e. The summed E-state index contributed by atoms with van der Waals surface area (Å²) >= 11 is 0. The van der Waals surface area contributed by atoms with Gasteiger partial charge >= 0.3 is 5.97 Å². The van der Waals surface area contributed by atoms with Crippen LogP contribution in [0.2, 0.25) is 0 Å². The highest BCUT2D eigenvalue weighted by Gasteiger charge is 2.64. The van der Waals surface area contributed by atoms with Gasteiger partial charge in [-0.15, -0.1) is 0 Å². The first-order valence-corrected chi connectivity index (χ1v) is 14.7. The summed E-state index contributed by atoms with van der Waals surface area (Å²) in [6, 6.07) is 8.88. The second-order valence-electron chi connectivity index (χ2n) is 14.0. The van der Waals surface area contributed by atoms with Crippen molar-refractivity contribution in [3.8, 4) is 0 Å². The molecule has 1 aromatic carbocycles. The van der Waals surface area contributed by atoms with E-state index in [2.05, 4.69) is 23.7 Å². The lowest BCUT2D eigenvalue weighted by atomic mass is 9.42. The zero-order chi connectivity index (χ0) is 25.6. The van der Waals surface area contributed by atoms with Crippen LogP contribution < -0.4 is 5.56 Å². The van der Waals surface area contributed by atoms with Crippen LogP contribution in [0.15, 0.2) is 29.1 Å². The van der Waals surface area contributed by atoms with Crippen LogP contribution in [0.1, 0.15) is 108 Å². The third-order valence-electron chi connectivity index (χ3n) is 10.7. The Morgan fingerprint density at radius 1 is 1.00 bits per heavy atom. The van der Waals surface area contributed by atoms with Crippen LogP contribution in [0, 0.1) is 16.7 Å². The third-order valence-corrected chi connectivity index (χ3v) is 10.7. The van der Waals surface area contributed by atoms with E-state index in [0.29, 0.717) is 34.0 Å². The van der Waals surface area contributed by atoms with Crippen LogP contribution in [-0.2, 0) is 4.74 Å². The molecule has 0 amide bonds. The van der Waals surface area contributed by atoms with Gasteiger partial charge in [-0.25, -0.2) is 9.78 Å². The number of hydrogen-bond donors (Lipinski definition) is 0. The number of para-hydroxylation sites is 2. The van der Waals surface area contributed by atoms with Gasteiger partial charge in [0.25, 0.3) is 5.56 Å². The number of benzene rings is 1. The Morgan fingerprint density at radius 3 is 2.32 bits per heavy atom. The lowest BCUT2D eigenvalue weighted by Gasteiger charge is -2.71. The molecule has 198 valence electrons. The van der Waals surface area contributed by atoms with E-state index in [1.165, 1.54) is 57.8 Å². The molecular formula is C31H41N3O3. The highest BCUT2D eigenvalue weighted by Crippen LogP contribution is 2.69. The molecule has 2 saturated heterocycles. The van der Waals surface area contributed by atoms with E-state index in [4.69, 9.17) is 4.74 Å². The Morgan fingerprint density at radius 2 is 1.68 bits per heavy atom. The molecule has 0 spiro atoms. The molecule has 4 unspecified atom stereocenters. The van der Waals surface area contributed by atoms with Crippen LogP contribution in [-0.4, -0.2) is 44.6 Å². The summed E-state index contributed by atoms with van der Waals surface area (Å²) in [5.41, 5.74) is 2.49. The van der Waals surface area contributed by atoms with Crippen molar-refractivity contribution in [2.75, 3.05) is 6.61 Å². The summed E-state index contributed by atoms with van der Waals surface area (Å²) in [5.74, 6) is 0.267. The van der Waals surface area contributed by atoms with E-state index in [9.17, 15) is 9.59 Å².